The molecule has 29 heavy (non-hydrogen) atoms. The highest BCUT2D eigenvalue weighted by Crippen LogP contribution is 2.25. The fraction of sp³-hybridized carbons (Fsp3) is 0.263. The molecule has 1 atom stereocenters. The van der Waals surface area contributed by atoms with Crippen LogP contribution in [0.1, 0.15) is 12.8 Å². The van der Waals surface area contributed by atoms with Gasteiger partial charge < -0.3 is 10.2 Å². The predicted molar refractivity (Wildman–Crippen MR) is 106 cm³/mol. The normalized spacial score (nSPS) is 16.4. The van der Waals surface area contributed by atoms with Crippen LogP contribution in [0.3, 0.4) is 0 Å². The molecule has 1 fully saturated rings. The van der Waals surface area contributed by atoms with Crippen LogP contribution in [0.15, 0.2) is 48.8 Å². The number of piperidine rings is 1. The molecular weight excluding hydrogens is 374 g/mol. The molecule has 0 unspecified atom stereocenters. The van der Waals surface area contributed by atoms with Gasteiger partial charge in [0.1, 0.15) is 0 Å². The van der Waals surface area contributed by atoms with Crippen molar-refractivity contribution in [2.75, 3.05) is 23.3 Å². The maximum atomic E-state index is 12.7. The predicted octanol–water partition coefficient (Wildman–Crippen LogP) is 2.63. The fourth-order valence-electron chi connectivity index (χ4n) is 3.38. The Kier molecular flexibility index (Phi) is 5.14. The molecule has 10 heteroatoms. The summed E-state index contributed by atoms with van der Waals surface area (Å²) in [6.45, 7) is 1.35. The highest BCUT2D eigenvalue weighted by molar-refractivity contribution is 5.92. The summed E-state index contributed by atoms with van der Waals surface area (Å²) in [7, 11) is 0. The van der Waals surface area contributed by atoms with E-state index < -0.39 is 4.92 Å². The van der Waals surface area contributed by atoms with Gasteiger partial charge in [-0.15, -0.1) is 0 Å². The van der Waals surface area contributed by atoms with E-state index in [1.54, 1.807) is 36.7 Å². The van der Waals surface area contributed by atoms with Crippen LogP contribution in [-0.4, -0.2) is 44.1 Å². The number of carbonyl (C=O) groups is 1. The number of aromatic amines is 1. The second-order valence-electron chi connectivity index (χ2n) is 6.80. The van der Waals surface area contributed by atoms with E-state index in [4.69, 9.17) is 0 Å². The van der Waals surface area contributed by atoms with Crippen molar-refractivity contribution in [2.45, 2.75) is 12.8 Å². The SMILES string of the molecule is O=C(Nc1cc(-c2cccc([N+](=O)[O-])c2)[nH]n1)[C@H]1CCCN(c2ncccn2)C1. The number of rotatable bonds is 5. The van der Waals surface area contributed by atoms with Crippen LogP contribution in [0.5, 0.6) is 0 Å². The van der Waals surface area contributed by atoms with E-state index in [1.807, 2.05) is 4.90 Å². The molecule has 10 nitrogen and oxygen atoms in total. The van der Waals surface area contributed by atoms with Crippen LogP contribution in [-0.2, 0) is 4.79 Å². The maximum Gasteiger partial charge on any atom is 0.270 e. The van der Waals surface area contributed by atoms with Gasteiger partial charge >= 0.3 is 0 Å². The fourth-order valence-corrected chi connectivity index (χ4v) is 3.38. The number of benzene rings is 1. The van der Waals surface area contributed by atoms with Crippen molar-refractivity contribution >= 4 is 23.4 Å². The smallest absolute Gasteiger partial charge is 0.270 e. The molecular formula is C19H19N7O3. The highest BCUT2D eigenvalue weighted by atomic mass is 16.6. The minimum absolute atomic E-state index is 0.00638. The third-order valence-electron chi connectivity index (χ3n) is 4.82. The third-order valence-corrected chi connectivity index (χ3v) is 4.82. The Morgan fingerprint density at radius 2 is 2.07 bits per heavy atom. The van der Waals surface area contributed by atoms with Gasteiger partial charge in [0, 0.05) is 49.2 Å². The molecule has 1 amide bonds. The third kappa shape index (κ3) is 4.21. The molecule has 2 N–H and O–H groups in total. The van der Waals surface area contributed by atoms with Crippen molar-refractivity contribution in [3.63, 3.8) is 0 Å². The lowest BCUT2D eigenvalue weighted by molar-refractivity contribution is -0.384. The number of carbonyl (C=O) groups excluding carboxylic acids is 1. The van der Waals surface area contributed by atoms with Crippen molar-refractivity contribution in [3.8, 4) is 11.3 Å². The number of non-ortho nitro benzene ring substituents is 1. The Hall–Kier alpha value is -3.82. The number of hydrogen-bond acceptors (Lipinski definition) is 7. The van der Waals surface area contributed by atoms with Gasteiger partial charge in [-0.25, -0.2) is 9.97 Å². The quantitative estimate of drug-likeness (QED) is 0.503. The summed E-state index contributed by atoms with van der Waals surface area (Å²) in [4.78, 5) is 33.7. The molecule has 3 aromatic rings. The average Bonchev–Trinajstić information content (AvgIpc) is 3.23. The lowest BCUT2D eigenvalue weighted by Gasteiger charge is -2.31. The van der Waals surface area contributed by atoms with Gasteiger partial charge in [0.05, 0.1) is 16.5 Å². The van der Waals surface area contributed by atoms with Crippen molar-refractivity contribution in [2.24, 2.45) is 5.92 Å². The average molecular weight is 393 g/mol. The van der Waals surface area contributed by atoms with Crippen molar-refractivity contribution < 1.29 is 9.72 Å². The summed E-state index contributed by atoms with van der Waals surface area (Å²) in [6, 6.07) is 9.65. The van der Waals surface area contributed by atoms with E-state index in [0.717, 1.165) is 19.4 Å². The molecule has 0 spiro atoms. The number of nitro benzene ring substituents is 1. The largest absolute Gasteiger partial charge is 0.340 e. The van der Waals surface area contributed by atoms with Crippen LogP contribution in [0, 0.1) is 16.0 Å². The minimum atomic E-state index is -0.451. The molecule has 0 saturated carbocycles. The Bertz CT molecular complexity index is 1020. The number of nitro groups is 1. The lowest BCUT2D eigenvalue weighted by Crippen LogP contribution is -2.41. The van der Waals surface area contributed by atoms with Crippen LogP contribution in [0.4, 0.5) is 17.5 Å². The molecule has 148 valence electrons. The molecule has 1 aliphatic heterocycles. The van der Waals surface area contributed by atoms with E-state index in [0.29, 0.717) is 29.6 Å². The molecule has 0 aliphatic carbocycles. The van der Waals surface area contributed by atoms with Crippen molar-refractivity contribution in [1.29, 1.82) is 0 Å². The molecule has 1 saturated heterocycles. The standard InChI is InChI=1S/C19H19N7O3/c27-18(14-5-2-9-25(12-14)19-20-7-3-8-21-19)22-17-11-16(23-24-17)13-4-1-6-15(10-13)26(28)29/h1,3-4,6-8,10-11,14H,2,5,9,12H2,(H2,22,23,24,27)/t14-/m0/s1. The Morgan fingerprint density at radius 3 is 2.86 bits per heavy atom. The van der Waals surface area contributed by atoms with Gasteiger partial charge in [-0.2, -0.15) is 5.10 Å². The van der Waals surface area contributed by atoms with Gasteiger partial charge in [-0.1, -0.05) is 12.1 Å². The summed E-state index contributed by atoms with van der Waals surface area (Å²) in [5, 5.41) is 20.7. The molecule has 4 rings (SSSR count). The first-order chi connectivity index (χ1) is 14.1. The van der Waals surface area contributed by atoms with E-state index in [9.17, 15) is 14.9 Å². The monoisotopic (exact) mass is 393 g/mol. The number of H-pyrrole nitrogens is 1. The second-order valence-corrected chi connectivity index (χ2v) is 6.80. The Labute approximate surface area is 166 Å². The number of aromatic nitrogens is 4. The van der Waals surface area contributed by atoms with Crippen molar-refractivity contribution in [1.82, 2.24) is 20.2 Å². The van der Waals surface area contributed by atoms with Crippen LogP contribution < -0.4 is 10.2 Å². The number of hydrogen-bond donors (Lipinski definition) is 2. The van der Waals surface area contributed by atoms with Gasteiger partial charge in [0.15, 0.2) is 5.82 Å². The first kappa shape index (κ1) is 18.5. The van der Waals surface area contributed by atoms with Crippen molar-refractivity contribution in [3.05, 3.63) is 58.9 Å². The summed E-state index contributed by atoms with van der Waals surface area (Å²) >= 11 is 0. The summed E-state index contributed by atoms with van der Waals surface area (Å²) in [5.41, 5.74) is 1.21. The molecule has 1 aromatic carbocycles. The highest BCUT2D eigenvalue weighted by Gasteiger charge is 2.27. The van der Waals surface area contributed by atoms with Crippen LogP contribution in [0.2, 0.25) is 0 Å². The molecule has 0 bridgehead atoms. The number of nitrogens with one attached hydrogen (secondary N) is 2. The van der Waals surface area contributed by atoms with E-state index in [2.05, 4.69) is 25.5 Å². The molecule has 1 aliphatic rings. The zero-order chi connectivity index (χ0) is 20.2. The Balaban J connectivity index is 1.43. The summed E-state index contributed by atoms with van der Waals surface area (Å²) in [6.07, 6.45) is 5.02. The first-order valence-electron chi connectivity index (χ1n) is 9.23. The first-order valence-corrected chi connectivity index (χ1v) is 9.23. The van der Waals surface area contributed by atoms with Crippen LogP contribution in [0.25, 0.3) is 11.3 Å². The molecule has 0 radical (unpaired) electrons. The van der Waals surface area contributed by atoms with E-state index in [1.165, 1.54) is 12.1 Å². The maximum absolute atomic E-state index is 12.7. The lowest BCUT2D eigenvalue weighted by atomic mass is 9.97. The minimum Gasteiger partial charge on any atom is -0.340 e. The number of amides is 1. The second kappa shape index (κ2) is 8.05. The van der Waals surface area contributed by atoms with Gasteiger partial charge in [-0.05, 0) is 18.9 Å². The topological polar surface area (TPSA) is 130 Å². The van der Waals surface area contributed by atoms with E-state index in [-0.39, 0.29) is 17.5 Å². The zero-order valence-corrected chi connectivity index (χ0v) is 15.5. The number of nitrogens with zero attached hydrogens (tertiary/aromatic N) is 5. The number of anilines is 2. The van der Waals surface area contributed by atoms with Crippen LogP contribution >= 0.6 is 0 Å². The Morgan fingerprint density at radius 1 is 1.24 bits per heavy atom. The zero-order valence-electron chi connectivity index (χ0n) is 15.5. The van der Waals surface area contributed by atoms with E-state index >= 15 is 0 Å². The molecule has 2 aromatic heterocycles. The summed E-state index contributed by atoms with van der Waals surface area (Å²) < 4.78 is 0. The molecule has 3 heterocycles. The van der Waals surface area contributed by atoms with Gasteiger partial charge in [0.25, 0.3) is 5.69 Å². The van der Waals surface area contributed by atoms with Gasteiger partial charge in [-0.3, -0.25) is 20.0 Å². The summed E-state index contributed by atoms with van der Waals surface area (Å²) in [5.74, 6) is 0.676. The van der Waals surface area contributed by atoms with Gasteiger partial charge in [0.2, 0.25) is 11.9 Å².